The number of halogens is 3. The maximum atomic E-state index is 13.2. The number of hydrogen-bond donors (Lipinski definition) is 0. The highest BCUT2D eigenvalue weighted by Gasteiger charge is 2.32. The maximum Gasteiger partial charge on any atom is 0.573 e. The van der Waals surface area contributed by atoms with Crippen LogP contribution in [0, 0.1) is 11.8 Å². The Kier molecular flexibility index (Phi) is 6.21. The van der Waals surface area contributed by atoms with Crippen molar-refractivity contribution in [3.63, 3.8) is 0 Å². The predicted molar refractivity (Wildman–Crippen MR) is 125 cm³/mol. The minimum absolute atomic E-state index is 0.0588. The van der Waals surface area contributed by atoms with Crippen molar-refractivity contribution in [2.75, 3.05) is 31.1 Å². The first-order chi connectivity index (χ1) is 17.4. The number of benzene rings is 2. The molecule has 1 amide bonds. The first-order valence-corrected chi connectivity index (χ1v) is 11.1. The molecular formula is C26H19F3N4O3. The normalized spacial score (nSPS) is 13.9. The van der Waals surface area contributed by atoms with Gasteiger partial charge in [0.2, 0.25) is 0 Å². The van der Waals surface area contributed by atoms with Crippen LogP contribution < -0.4 is 9.64 Å². The highest BCUT2D eigenvalue weighted by Crippen LogP contribution is 2.29. The number of hydrogen-bond acceptors (Lipinski definition) is 6. The second-order valence-corrected chi connectivity index (χ2v) is 8.01. The van der Waals surface area contributed by atoms with Crippen molar-refractivity contribution in [2.45, 2.75) is 6.36 Å². The second kappa shape index (κ2) is 9.62. The number of carbonyl (C=O) groups is 1. The summed E-state index contributed by atoms with van der Waals surface area (Å²) in [6.07, 6.45) is -3.37. The van der Waals surface area contributed by atoms with E-state index in [0.717, 1.165) is 17.3 Å². The van der Waals surface area contributed by atoms with Crippen molar-refractivity contribution in [3.8, 4) is 17.6 Å². The molecule has 0 radical (unpaired) electrons. The van der Waals surface area contributed by atoms with Crippen molar-refractivity contribution in [3.05, 3.63) is 83.7 Å². The van der Waals surface area contributed by atoms with Gasteiger partial charge in [0.15, 0.2) is 11.4 Å². The van der Waals surface area contributed by atoms with Gasteiger partial charge in [-0.05, 0) is 48.4 Å². The van der Waals surface area contributed by atoms with Gasteiger partial charge in [-0.2, -0.15) is 0 Å². The quantitative estimate of drug-likeness (QED) is 0.393. The van der Waals surface area contributed by atoms with Crippen molar-refractivity contribution < 1.29 is 27.2 Å². The lowest BCUT2D eigenvalue weighted by molar-refractivity contribution is -0.274. The number of amides is 1. The Balaban J connectivity index is 1.34. The number of rotatable bonds is 3. The summed E-state index contributed by atoms with van der Waals surface area (Å²) in [6.45, 7) is 1.89. The molecule has 2 aromatic carbocycles. The molecule has 0 N–H and O–H groups in total. The summed E-state index contributed by atoms with van der Waals surface area (Å²) in [4.78, 5) is 20.9. The lowest BCUT2D eigenvalue weighted by atomic mass is 10.1. The van der Waals surface area contributed by atoms with Crippen LogP contribution in [-0.2, 0) is 0 Å². The molecule has 0 unspecified atom stereocenters. The molecule has 182 valence electrons. The number of carbonyl (C=O) groups excluding carboxylic acids is 1. The number of pyridine rings is 1. The molecule has 0 atom stereocenters. The van der Waals surface area contributed by atoms with Crippen LogP contribution in [0.4, 0.5) is 19.0 Å². The lowest BCUT2D eigenvalue weighted by Gasteiger charge is -2.34. The molecule has 0 saturated carbocycles. The molecule has 36 heavy (non-hydrogen) atoms. The van der Waals surface area contributed by atoms with Crippen molar-refractivity contribution >= 4 is 22.7 Å². The van der Waals surface area contributed by atoms with Crippen LogP contribution >= 0.6 is 0 Å². The van der Waals surface area contributed by atoms with E-state index in [1.54, 1.807) is 23.1 Å². The minimum Gasteiger partial charge on any atom is -0.404 e. The number of para-hydroxylation sites is 1. The van der Waals surface area contributed by atoms with Crippen LogP contribution in [0.15, 0.2) is 71.4 Å². The van der Waals surface area contributed by atoms with E-state index >= 15 is 0 Å². The van der Waals surface area contributed by atoms with Gasteiger partial charge in [-0.1, -0.05) is 29.3 Å². The van der Waals surface area contributed by atoms with E-state index < -0.39 is 12.1 Å². The number of nitrogens with zero attached hydrogens (tertiary/aromatic N) is 4. The van der Waals surface area contributed by atoms with Gasteiger partial charge in [0.1, 0.15) is 11.4 Å². The number of piperazine rings is 1. The number of ether oxygens (including phenoxy) is 1. The standard InChI is InChI=1S/C26H19F3N4O3/c27-26(28,29)35-22-11-9-19(17-18(22)8-10-20-5-3-4-12-30-20)25(34)33-15-13-32(14-16-33)24-21-6-1-2-7-23(21)36-31-24/h1-7,9,11-12,17H,13-16H2. The fraction of sp³-hybridized carbons (Fsp3) is 0.192. The maximum absolute atomic E-state index is 13.2. The third-order valence-electron chi connectivity index (χ3n) is 5.67. The van der Waals surface area contributed by atoms with Gasteiger partial charge >= 0.3 is 6.36 Å². The van der Waals surface area contributed by atoms with E-state index in [1.807, 2.05) is 29.2 Å². The van der Waals surface area contributed by atoms with Crippen molar-refractivity contribution in [1.29, 1.82) is 0 Å². The summed E-state index contributed by atoms with van der Waals surface area (Å²) >= 11 is 0. The van der Waals surface area contributed by atoms with Crippen LogP contribution in [0.1, 0.15) is 21.6 Å². The number of fused-ring (bicyclic) bond motifs is 1. The molecule has 0 spiro atoms. The number of alkyl halides is 3. The van der Waals surface area contributed by atoms with Crippen LogP contribution in [0.3, 0.4) is 0 Å². The highest BCUT2D eigenvalue weighted by atomic mass is 19.4. The molecule has 0 aliphatic carbocycles. The minimum atomic E-state index is -4.89. The first kappa shape index (κ1) is 23.2. The molecule has 2 aromatic heterocycles. The Hall–Kier alpha value is -4.52. The Morgan fingerprint density at radius 1 is 0.972 bits per heavy atom. The summed E-state index contributed by atoms with van der Waals surface area (Å²) in [7, 11) is 0. The average molecular weight is 492 g/mol. The van der Waals surface area contributed by atoms with Gasteiger partial charge < -0.3 is 19.1 Å². The molecule has 1 aliphatic rings. The molecule has 1 aliphatic heterocycles. The summed E-state index contributed by atoms with van der Waals surface area (Å²) in [6, 6.07) is 16.3. The lowest BCUT2D eigenvalue weighted by Crippen LogP contribution is -2.49. The zero-order valence-electron chi connectivity index (χ0n) is 18.8. The summed E-state index contributed by atoms with van der Waals surface area (Å²) < 4.78 is 48.2. The van der Waals surface area contributed by atoms with E-state index in [9.17, 15) is 18.0 Å². The number of anilines is 1. The van der Waals surface area contributed by atoms with Gasteiger partial charge in [-0.15, -0.1) is 13.2 Å². The Labute approximate surface area is 204 Å². The van der Waals surface area contributed by atoms with Crippen LogP contribution in [-0.4, -0.2) is 53.5 Å². The zero-order chi connectivity index (χ0) is 25.1. The van der Waals surface area contributed by atoms with E-state index in [1.165, 1.54) is 18.3 Å². The molecule has 7 nitrogen and oxygen atoms in total. The predicted octanol–water partition coefficient (Wildman–Crippen LogP) is 4.48. The zero-order valence-corrected chi connectivity index (χ0v) is 18.8. The van der Waals surface area contributed by atoms with Crippen molar-refractivity contribution in [2.24, 2.45) is 0 Å². The Morgan fingerprint density at radius 2 is 1.75 bits per heavy atom. The summed E-state index contributed by atoms with van der Waals surface area (Å²) in [5.74, 6) is 5.30. The molecule has 5 rings (SSSR count). The fourth-order valence-corrected chi connectivity index (χ4v) is 3.95. The average Bonchev–Trinajstić information content (AvgIpc) is 3.32. The largest absolute Gasteiger partial charge is 0.573 e. The third kappa shape index (κ3) is 5.10. The topological polar surface area (TPSA) is 71.7 Å². The van der Waals surface area contributed by atoms with E-state index in [0.29, 0.717) is 37.5 Å². The van der Waals surface area contributed by atoms with Crippen LogP contribution in [0.25, 0.3) is 11.0 Å². The van der Waals surface area contributed by atoms with Crippen LogP contribution in [0.2, 0.25) is 0 Å². The highest BCUT2D eigenvalue weighted by molar-refractivity contribution is 5.95. The fourth-order valence-electron chi connectivity index (χ4n) is 3.95. The molecule has 1 fully saturated rings. The van der Waals surface area contributed by atoms with Crippen LogP contribution in [0.5, 0.6) is 5.75 Å². The van der Waals surface area contributed by atoms with E-state index in [2.05, 4.69) is 26.7 Å². The van der Waals surface area contributed by atoms with E-state index in [4.69, 9.17) is 4.52 Å². The van der Waals surface area contributed by atoms with Gasteiger partial charge in [-0.25, -0.2) is 4.98 Å². The smallest absolute Gasteiger partial charge is 0.404 e. The van der Waals surface area contributed by atoms with Gasteiger partial charge in [0.05, 0.1) is 10.9 Å². The van der Waals surface area contributed by atoms with Gasteiger partial charge in [0.25, 0.3) is 5.91 Å². The summed E-state index contributed by atoms with van der Waals surface area (Å²) in [5.41, 5.74) is 1.22. The molecule has 4 aromatic rings. The number of aromatic nitrogens is 2. The molecule has 3 heterocycles. The second-order valence-electron chi connectivity index (χ2n) is 8.01. The molecule has 0 bridgehead atoms. The SMILES string of the molecule is O=C(c1ccc(OC(F)(F)F)c(C#Cc2ccccn2)c1)N1CCN(c2noc3ccccc23)CC1. The van der Waals surface area contributed by atoms with Gasteiger partial charge in [-0.3, -0.25) is 4.79 Å². The monoisotopic (exact) mass is 492 g/mol. The Morgan fingerprint density at radius 3 is 2.50 bits per heavy atom. The molecule has 1 saturated heterocycles. The van der Waals surface area contributed by atoms with Crippen molar-refractivity contribution in [1.82, 2.24) is 15.0 Å². The van der Waals surface area contributed by atoms with E-state index in [-0.39, 0.29) is 17.0 Å². The molecular weight excluding hydrogens is 473 g/mol. The molecule has 10 heteroatoms. The summed E-state index contributed by atoms with van der Waals surface area (Å²) in [5, 5.41) is 5.06. The van der Waals surface area contributed by atoms with Gasteiger partial charge in [0, 0.05) is 37.9 Å². The third-order valence-corrected chi connectivity index (χ3v) is 5.67. The Bertz CT molecular complexity index is 1450. The first-order valence-electron chi connectivity index (χ1n) is 11.1.